The Bertz CT molecular complexity index is 392. The number of nitrogens with zero attached hydrogens (tertiary/aromatic N) is 2. The number of rotatable bonds is 4. The summed E-state index contributed by atoms with van der Waals surface area (Å²) in [4.78, 5) is 17.5. The van der Waals surface area contributed by atoms with Gasteiger partial charge < -0.3 is 5.11 Å². The molecule has 17 heavy (non-hydrogen) atoms. The number of hydrogen-bond acceptors (Lipinski definition) is 4. The summed E-state index contributed by atoms with van der Waals surface area (Å²) < 4.78 is 0. The van der Waals surface area contributed by atoms with Gasteiger partial charge in [-0.15, -0.1) is 11.3 Å². The first-order valence-corrected chi connectivity index (χ1v) is 6.86. The Labute approximate surface area is 105 Å². The number of hydrogen-bond donors (Lipinski definition) is 1. The Hall–Kier alpha value is -0.940. The molecule has 2 heterocycles. The smallest absolute Gasteiger partial charge is 0.303 e. The van der Waals surface area contributed by atoms with Gasteiger partial charge in [-0.2, -0.15) is 0 Å². The average molecular weight is 254 g/mol. The summed E-state index contributed by atoms with van der Waals surface area (Å²) in [6.07, 6.45) is 2.44. The van der Waals surface area contributed by atoms with E-state index in [0.29, 0.717) is 12.3 Å². The van der Waals surface area contributed by atoms with E-state index in [-0.39, 0.29) is 0 Å². The second-order valence-electron chi connectivity index (χ2n) is 4.70. The highest BCUT2D eigenvalue weighted by atomic mass is 32.1. The van der Waals surface area contributed by atoms with E-state index in [1.54, 1.807) is 11.3 Å². The Balaban J connectivity index is 1.87. The van der Waals surface area contributed by atoms with Gasteiger partial charge >= 0.3 is 5.97 Å². The monoisotopic (exact) mass is 254 g/mol. The number of aliphatic carboxylic acids is 1. The molecule has 0 spiro atoms. The van der Waals surface area contributed by atoms with Crippen molar-refractivity contribution in [3.8, 4) is 0 Å². The predicted molar refractivity (Wildman–Crippen MR) is 67.1 cm³/mol. The standard InChI is InChI=1S/C12H18N2O2S/c1-9-13-11(8-17-9)7-14-4-2-3-10(6-14)5-12(15)16/h8,10H,2-7H2,1H3,(H,15,16). The molecule has 0 radical (unpaired) electrons. The molecule has 1 aliphatic rings. The molecule has 1 saturated heterocycles. The van der Waals surface area contributed by atoms with E-state index < -0.39 is 5.97 Å². The molecule has 0 saturated carbocycles. The highest BCUT2D eigenvalue weighted by Crippen LogP contribution is 2.21. The van der Waals surface area contributed by atoms with E-state index in [9.17, 15) is 4.79 Å². The van der Waals surface area contributed by atoms with Crippen LogP contribution in [-0.2, 0) is 11.3 Å². The van der Waals surface area contributed by atoms with Crippen molar-refractivity contribution in [2.75, 3.05) is 13.1 Å². The molecule has 0 aliphatic carbocycles. The Morgan fingerprint density at radius 1 is 1.71 bits per heavy atom. The van der Waals surface area contributed by atoms with E-state index >= 15 is 0 Å². The lowest BCUT2D eigenvalue weighted by Gasteiger charge is -2.31. The first-order valence-electron chi connectivity index (χ1n) is 5.98. The van der Waals surface area contributed by atoms with Crippen molar-refractivity contribution in [1.29, 1.82) is 0 Å². The van der Waals surface area contributed by atoms with Crippen molar-refractivity contribution in [1.82, 2.24) is 9.88 Å². The molecule has 1 aromatic heterocycles. The number of piperidine rings is 1. The van der Waals surface area contributed by atoms with Crippen LogP contribution in [0.5, 0.6) is 0 Å². The van der Waals surface area contributed by atoms with Crippen LogP contribution in [0.25, 0.3) is 0 Å². The van der Waals surface area contributed by atoms with Gasteiger partial charge in [-0.1, -0.05) is 0 Å². The highest BCUT2D eigenvalue weighted by Gasteiger charge is 2.22. The third kappa shape index (κ3) is 3.78. The van der Waals surface area contributed by atoms with Gasteiger partial charge in [0.25, 0.3) is 0 Å². The number of likely N-dealkylation sites (tertiary alicyclic amines) is 1. The van der Waals surface area contributed by atoms with E-state index in [1.165, 1.54) is 0 Å². The summed E-state index contributed by atoms with van der Waals surface area (Å²) >= 11 is 1.67. The van der Waals surface area contributed by atoms with Gasteiger partial charge in [-0.3, -0.25) is 9.69 Å². The summed E-state index contributed by atoms with van der Waals surface area (Å²) in [5.74, 6) is -0.373. The Morgan fingerprint density at radius 2 is 2.53 bits per heavy atom. The number of aryl methyl sites for hydroxylation is 1. The van der Waals surface area contributed by atoms with E-state index in [0.717, 1.165) is 43.2 Å². The number of aromatic nitrogens is 1. The fourth-order valence-corrected chi connectivity index (χ4v) is 3.02. The third-order valence-corrected chi connectivity index (χ3v) is 3.94. The Morgan fingerprint density at radius 3 is 3.18 bits per heavy atom. The second kappa shape index (κ2) is 5.60. The number of carbonyl (C=O) groups is 1. The number of thiazole rings is 1. The summed E-state index contributed by atoms with van der Waals surface area (Å²) in [5, 5.41) is 12.0. The van der Waals surface area contributed by atoms with Gasteiger partial charge in [-0.05, 0) is 32.2 Å². The van der Waals surface area contributed by atoms with Crippen LogP contribution in [0, 0.1) is 12.8 Å². The van der Waals surface area contributed by atoms with Gasteiger partial charge in [-0.25, -0.2) is 4.98 Å². The summed E-state index contributed by atoms with van der Waals surface area (Å²) in [7, 11) is 0. The van der Waals surface area contributed by atoms with E-state index in [4.69, 9.17) is 5.11 Å². The lowest BCUT2D eigenvalue weighted by atomic mass is 9.95. The number of carboxylic acids is 1. The van der Waals surface area contributed by atoms with Gasteiger partial charge in [0.2, 0.25) is 0 Å². The lowest BCUT2D eigenvalue weighted by molar-refractivity contribution is -0.138. The molecule has 1 aliphatic heterocycles. The molecule has 1 fully saturated rings. The molecule has 4 nitrogen and oxygen atoms in total. The summed E-state index contributed by atoms with van der Waals surface area (Å²) in [6.45, 7) is 4.83. The van der Waals surface area contributed by atoms with Gasteiger partial charge in [0.15, 0.2) is 0 Å². The van der Waals surface area contributed by atoms with Crippen LogP contribution in [0.1, 0.15) is 30.0 Å². The molecule has 1 unspecified atom stereocenters. The minimum atomic E-state index is -0.679. The van der Waals surface area contributed by atoms with Crippen molar-refractivity contribution >= 4 is 17.3 Å². The summed E-state index contributed by atoms with van der Waals surface area (Å²) in [6, 6.07) is 0. The van der Waals surface area contributed by atoms with Crippen LogP contribution < -0.4 is 0 Å². The predicted octanol–water partition coefficient (Wildman–Crippen LogP) is 2.14. The van der Waals surface area contributed by atoms with Crippen LogP contribution in [0.3, 0.4) is 0 Å². The quantitative estimate of drug-likeness (QED) is 0.894. The van der Waals surface area contributed by atoms with Crippen molar-refractivity contribution in [2.24, 2.45) is 5.92 Å². The topological polar surface area (TPSA) is 53.4 Å². The minimum absolute atomic E-state index is 0.298. The molecule has 0 amide bonds. The molecule has 1 aromatic rings. The SMILES string of the molecule is Cc1nc(CN2CCCC(CC(=O)O)C2)cs1. The van der Waals surface area contributed by atoms with Crippen LogP contribution in [0.15, 0.2) is 5.38 Å². The first kappa shape index (κ1) is 12.5. The second-order valence-corrected chi connectivity index (χ2v) is 5.76. The van der Waals surface area contributed by atoms with Crippen molar-refractivity contribution in [2.45, 2.75) is 32.7 Å². The zero-order chi connectivity index (χ0) is 12.3. The maximum absolute atomic E-state index is 10.7. The zero-order valence-corrected chi connectivity index (χ0v) is 10.9. The largest absolute Gasteiger partial charge is 0.481 e. The molecule has 5 heteroatoms. The fraction of sp³-hybridized carbons (Fsp3) is 0.667. The zero-order valence-electron chi connectivity index (χ0n) is 10.1. The molecule has 1 N–H and O–H groups in total. The Kier molecular flexibility index (Phi) is 4.12. The first-order chi connectivity index (χ1) is 8.13. The molecular weight excluding hydrogens is 236 g/mol. The van der Waals surface area contributed by atoms with Crippen LogP contribution >= 0.6 is 11.3 Å². The lowest BCUT2D eigenvalue weighted by Crippen LogP contribution is -2.35. The fourth-order valence-electron chi connectivity index (χ4n) is 2.42. The van der Waals surface area contributed by atoms with E-state index in [1.807, 2.05) is 6.92 Å². The normalized spacial score (nSPS) is 21.6. The van der Waals surface area contributed by atoms with Crippen molar-refractivity contribution in [3.05, 3.63) is 16.1 Å². The number of carboxylic acid groups (broad SMARTS) is 1. The molecular formula is C12H18N2O2S. The molecule has 1 atom stereocenters. The van der Waals surface area contributed by atoms with Gasteiger partial charge in [0.05, 0.1) is 10.7 Å². The van der Waals surface area contributed by atoms with Gasteiger partial charge in [0.1, 0.15) is 0 Å². The highest BCUT2D eigenvalue weighted by molar-refractivity contribution is 7.09. The van der Waals surface area contributed by atoms with Crippen LogP contribution in [0.2, 0.25) is 0 Å². The van der Waals surface area contributed by atoms with Gasteiger partial charge in [0, 0.05) is 24.9 Å². The molecule has 94 valence electrons. The van der Waals surface area contributed by atoms with E-state index in [2.05, 4.69) is 15.3 Å². The van der Waals surface area contributed by atoms with Crippen molar-refractivity contribution in [3.63, 3.8) is 0 Å². The van der Waals surface area contributed by atoms with Crippen molar-refractivity contribution < 1.29 is 9.90 Å². The molecule has 2 rings (SSSR count). The average Bonchev–Trinajstić information content (AvgIpc) is 2.63. The maximum Gasteiger partial charge on any atom is 0.303 e. The summed E-state index contributed by atoms with van der Waals surface area (Å²) in [5.41, 5.74) is 1.11. The molecule has 0 aromatic carbocycles. The molecule has 0 bridgehead atoms. The van der Waals surface area contributed by atoms with Crippen LogP contribution in [0.4, 0.5) is 0 Å². The maximum atomic E-state index is 10.7. The van der Waals surface area contributed by atoms with Crippen LogP contribution in [-0.4, -0.2) is 34.0 Å². The third-order valence-electron chi connectivity index (χ3n) is 3.12. The minimum Gasteiger partial charge on any atom is -0.481 e.